The molecule has 0 bridgehead atoms. The zero-order valence-corrected chi connectivity index (χ0v) is 19.8. The third-order valence-corrected chi connectivity index (χ3v) is 6.38. The van der Waals surface area contributed by atoms with Gasteiger partial charge in [-0.3, -0.25) is 0 Å². The molecule has 4 aromatic rings. The summed E-state index contributed by atoms with van der Waals surface area (Å²) in [6.07, 6.45) is 1.25. The molecule has 180 valence electrons. The minimum Gasteiger partial charge on any atom is -0.490 e. The molecular formula is C25H26N6O4. The average Bonchev–Trinajstić information content (AvgIpc) is 3.13. The van der Waals surface area contributed by atoms with Gasteiger partial charge in [-0.1, -0.05) is 12.1 Å². The number of benzene rings is 2. The summed E-state index contributed by atoms with van der Waals surface area (Å²) < 4.78 is 11.9. The molecule has 10 heteroatoms. The second kappa shape index (κ2) is 7.72. The fourth-order valence-corrected chi connectivity index (χ4v) is 4.88. The maximum Gasteiger partial charge on any atom is 0.410 e. The van der Waals surface area contributed by atoms with Crippen molar-refractivity contribution >= 4 is 33.8 Å². The van der Waals surface area contributed by atoms with E-state index in [-0.39, 0.29) is 17.8 Å². The van der Waals surface area contributed by atoms with Crippen molar-refractivity contribution in [2.75, 3.05) is 31.1 Å². The smallest absolute Gasteiger partial charge is 0.410 e. The van der Waals surface area contributed by atoms with E-state index in [0.29, 0.717) is 32.0 Å². The van der Waals surface area contributed by atoms with E-state index in [4.69, 9.17) is 9.47 Å². The topological polar surface area (TPSA) is 116 Å². The van der Waals surface area contributed by atoms with E-state index >= 15 is 0 Å². The van der Waals surface area contributed by atoms with Crippen LogP contribution in [-0.2, 0) is 4.74 Å². The highest BCUT2D eigenvalue weighted by Gasteiger charge is 2.36. The number of ether oxygens (including phenoxy) is 2. The van der Waals surface area contributed by atoms with Crippen LogP contribution in [0.25, 0.3) is 33.1 Å². The van der Waals surface area contributed by atoms with Gasteiger partial charge in [0.2, 0.25) is 0 Å². The lowest BCUT2D eigenvalue weighted by atomic mass is 10.0. The van der Waals surface area contributed by atoms with E-state index in [9.17, 15) is 9.59 Å². The van der Waals surface area contributed by atoms with E-state index in [1.54, 1.807) is 11.2 Å². The number of amides is 1. The summed E-state index contributed by atoms with van der Waals surface area (Å²) in [5.74, 6) is 1.48. The molecule has 4 heterocycles. The number of carbonyl (C=O) groups excluding carboxylic acids is 1. The van der Waals surface area contributed by atoms with E-state index in [0.717, 1.165) is 38.9 Å². The zero-order valence-electron chi connectivity index (χ0n) is 19.8. The number of fused-ring (bicyclic) bond motifs is 3. The first-order valence-corrected chi connectivity index (χ1v) is 11.6. The third kappa shape index (κ3) is 3.74. The van der Waals surface area contributed by atoms with Gasteiger partial charge in [0.25, 0.3) is 0 Å². The van der Waals surface area contributed by atoms with Crippen LogP contribution in [0.5, 0.6) is 5.75 Å². The number of imidazole rings is 1. The van der Waals surface area contributed by atoms with Crippen LogP contribution in [0.3, 0.4) is 0 Å². The van der Waals surface area contributed by atoms with Crippen molar-refractivity contribution in [3.63, 3.8) is 0 Å². The van der Waals surface area contributed by atoms with Gasteiger partial charge in [0.05, 0.1) is 28.0 Å². The number of para-hydroxylation sites is 1. The van der Waals surface area contributed by atoms with Crippen LogP contribution in [0, 0.1) is 0 Å². The molecule has 6 rings (SSSR count). The van der Waals surface area contributed by atoms with Crippen LogP contribution in [0.15, 0.2) is 41.5 Å². The Morgan fingerprint density at radius 1 is 1.17 bits per heavy atom. The predicted molar refractivity (Wildman–Crippen MR) is 132 cm³/mol. The molecule has 0 radical (unpaired) electrons. The SMILES string of the molecule is CC(C)(C)OC(=O)N1CCN2c3ncnc4cc(-c5cccc6[nH]c(=O)[nH]c56)cc(c34)OC[C@@H]2C1. The van der Waals surface area contributed by atoms with E-state index in [2.05, 4.69) is 24.8 Å². The summed E-state index contributed by atoms with van der Waals surface area (Å²) in [7, 11) is 0. The maximum atomic E-state index is 12.7. The number of aromatic nitrogens is 4. The van der Waals surface area contributed by atoms with Crippen molar-refractivity contribution in [1.82, 2.24) is 24.8 Å². The highest BCUT2D eigenvalue weighted by Crippen LogP contribution is 2.40. The number of piperazine rings is 1. The van der Waals surface area contributed by atoms with Gasteiger partial charge in [0.1, 0.15) is 30.1 Å². The summed E-state index contributed by atoms with van der Waals surface area (Å²) in [5, 5.41) is 0.846. The van der Waals surface area contributed by atoms with Gasteiger partial charge in [-0.2, -0.15) is 0 Å². The molecule has 2 aromatic carbocycles. The lowest BCUT2D eigenvalue weighted by Gasteiger charge is -2.41. The highest BCUT2D eigenvalue weighted by molar-refractivity contribution is 6.01. The molecule has 0 unspecified atom stereocenters. The van der Waals surface area contributed by atoms with Crippen molar-refractivity contribution < 1.29 is 14.3 Å². The first-order chi connectivity index (χ1) is 16.8. The largest absolute Gasteiger partial charge is 0.490 e. The van der Waals surface area contributed by atoms with Crippen LogP contribution in [0.4, 0.5) is 10.6 Å². The van der Waals surface area contributed by atoms with Crippen LogP contribution < -0.4 is 15.3 Å². The summed E-state index contributed by atoms with van der Waals surface area (Å²) in [6.45, 7) is 7.62. The molecule has 1 atom stereocenters. The molecule has 35 heavy (non-hydrogen) atoms. The monoisotopic (exact) mass is 474 g/mol. The Kier molecular flexibility index (Phi) is 4.73. The summed E-state index contributed by atoms with van der Waals surface area (Å²) in [6, 6.07) is 9.61. The second-order valence-electron chi connectivity index (χ2n) is 9.96. The van der Waals surface area contributed by atoms with Gasteiger partial charge < -0.3 is 29.2 Å². The highest BCUT2D eigenvalue weighted by atomic mass is 16.6. The minimum atomic E-state index is -0.549. The molecule has 2 aliphatic heterocycles. The Bertz CT molecular complexity index is 1520. The Labute approximate surface area is 200 Å². The van der Waals surface area contributed by atoms with Crippen molar-refractivity contribution in [3.8, 4) is 16.9 Å². The van der Waals surface area contributed by atoms with E-state index in [1.807, 2.05) is 51.1 Å². The zero-order chi connectivity index (χ0) is 24.3. The Morgan fingerprint density at radius 3 is 2.86 bits per heavy atom. The standard InChI is InChI=1S/C25H26N6O4/c1-25(2,3)35-24(33)30-7-8-31-15(11-30)12-34-19-10-14(9-18-20(19)22(31)27-13-26-18)16-5-4-6-17-21(16)29-23(32)28-17/h4-6,9-10,13,15H,7-8,11-12H2,1-3H3,(H2,28,29,32)/t15-/m0/s1. The molecule has 1 saturated heterocycles. The Hall–Kier alpha value is -4.08. The number of nitrogens with zero attached hydrogens (tertiary/aromatic N) is 4. The Morgan fingerprint density at radius 2 is 2.03 bits per heavy atom. The first kappa shape index (κ1) is 21.5. The first-order valence-electron chi connectivity index (χ1n) is 11.6. The molecule has 0 spiro atoms. The normalized spacial score (nSPS) is 17.7. The molecule has 1 amide bonds. The van der Waals surface area contributed by atoms with Gasteiger partial charge >= 0.3 is 11.8 Å². The molecule has 10 nitrogen and oxygen atoms in total. The number of hydrogen-bond acceptors (Lipinski definition) is 7. The van der Waals surface area contributed by atoms with Gasteiger partial charge in [0, 0.05) is 25.2 Å². The average molecular weight is 475 g/mol. The number of carbonyl (C=O) groups is 1. The van der Waals surface area contributed by atoms with Crippen molar-refractivity contribution in [1.29, 1.82) is 0 Å². The van der Waals surface area contributed by atoms with E-state index in [1.165, 1.54) is 0 Å². The Balaban J connectivity index is 1.38. The fourth-order valence-electron chi connectivity index (χ4n) is 4.88. The summed E-state index contributed by atoms with van der Waals surface area (Å²) >= 11 is 0. The lowest BCUT2D eigenvalue weighted by molar-refractivity contribution is 0.0202. The van der Waals surface area contributed by atoms with Crippen LogP contribution >= 0.6 is 0 Å². The number of H-pyrrole nitrogens is 2. The van der Waals surface area contributed by atoms with Crippen molar-refractivity contribution in [3.05, 3.63) is 47.1 Å². The second-order valence-corrected chi connectivity index (χ2v) is 9.96. The number of hydrogen-bond donors (Lipinski definition) is 2. The van der Waals surface area contributed by atoms with Gasteiger partial charge in [-0.25, -0.2) is 19.6 Å². The van der Waals surface area contributed by atoms with Crippen LogP contribution in [0.2, 0.25) is 0 Å². The molecular weight excluding hydrogens is 448 g/mol. The van der Waals surface area contributed by atoms with Gasteiger partial charge in [0.15, 0.2) is 0 Å². The number of anilines is 1. The lowest BCUT2D eigenvalue weighted by Crippen LogP contribution is -2.57. The van der Waals surface area contributed by atoms with E-state index < -0.39 is 5.60 Å². The molecule has 2 aromatic heterocycles. The summed E-state index contributed by atoms with van der Waals surface area (Å²) in [5.41, 5.74) is 3.19. The molecule has 2 aliphatic rings. The molecule has 1 fully saturated rings. The number of aromatic amines is 2. The van der Waals surface area contributed by atoms with Crippen molar-refractivity contribution in [2.45, 2.75) is 32.4 Å². The van der Waals surface area contributed by atoms with Crippen LogP contribution in [-0.4, -0.2) is 68.8 Å². The third-order valence-electron chi connectivity index (χ3n) is 6.38. The quantitative estimate of drug-likeness (QED) is 0.435. The summed E-state index contributed by atoms with van der Waals surface area (Å²) in [4.78, 5) is 43.4. The fraction of sp³-hybridized carbons (Fsp3) is 0.360. The molecule has 0 saturated carbocycles. The van der Waals surface area contributed by atoms with Gasteiger partial charge in [-0.15, -0.1) is 0 Å². The predicted octanol–water partition coefficient (Wildman–Crippen LogP) is 3.28. The van der Waals surface area contributed by atoms with Crippen molar-refractivity contribution in [2.24, 2.45) is 0 Å². The van der Waals surface area contributed by atoms with Gasteiger partial charge in [-0.05, 0) is 44.5 Å². The minimum absolute atomic E-state index is 0.0744. The van der Waals surface area contributed by atoms with Crippen LogP contribution in [0.1, 0.15) is 20.8 Å². The maximum absolute atomic E-state index is 12.7. The number of rotatable bonds is 1. The molecule has 2 N–H and O–H groups in total. The molecule has 0 aliphatic carbocycles. The number of nitrogens with one attached hydrogen (secondary N) is 2.